The molecular weight excluding hydrogens is 633 g/mol. The molecule has 0 saturated heterocycles. The van der Waals surface area contributed by atoms with Crippen LogP contribution in [0.1, 0.15) is 20.9 Å². The second-order valence-electron chi connectivity index (χ2n) is 11.4. The fourth-order valence-corrected chi connectivity index (χ4v) is 10.9. The van der Waals surface area contributed by atoms with Crippen molar-refractivity contribution in [3.8, 4) is 22.3 Å². The van der Waals surface area contributed by atoms with Crippen LogP contribution in [0.3, 0.4) is 0 Å². The Morgan fingerprint density at radius 1 is 0.326 bits per heavy atom. The van der Waals surface area contributed by atoms with Gasteiger partial charge in [-0.15, -0.1) is 45.3 Å². The van der Waals surface area contributed by atoms with E-state index in [1.54, 1.807) is 0 Å². The van der Waals surface area contributed by atoms with E-state index in [2.05, 4.69) is 158 Å². The summed E-state index contributed by atoms with van der Waals surface area (Å²) in [5.74, 6) is 0. The molecule has 4 heterocycles. The highest BCUT2D eigenvalue weighted by atomic mass is 32.1. The lowest BCUT2D eigenvalue weighted by molar-refractivity contribution is 1.60. The average molecular weight is 659 g/mol. The highest BCUT2D eigenvalue weighted by Gasteiger charge is 2.14. The van der Waals surface area contributed by atoms with Crippen LogP contribution in [-0.2, 0) is 0 Å². The molecule has 0 amide bonds. The van der Waals surface area contributed by atoms with Gasteiger partial charge in [0.05, 0.1) is 9.40 Å². The molecule has 0 saturated carbocycles. The third-order valence-electron chi connectivity index (χ3n) is 8.36. The van der Waals surface area contributed by atoms with Crippen LogP contribution in [0.25, 0.3) is 85.5 Å². The quantitative estimate of drug-likeness (QED) is 0.167. The second kappa shape index (κ2) is 11.7. The van der Waals surface area contributed by atoms with Gasteiger partial charge in [0, 0.05) is 39.3 Å². The topological polar surface area (TPSA) is 0 Å². The summed E-state index contributed by atoms with van der Waals surface area (Å²) in [5.41, 5.74) is 7.44. The van der Waals surface area contributed by atoms with Gasteiger partial charge in [-0.3, -0.25) is 0 Å². The van der Waals surface area contributed by atoms with Gasteiger partial charge in [0.25, 0.3) is 0 Å². The van der Waals surface area contributed by atoms with Crippen molar-refractivity contribution < 1.29 is 0 Å². The maximum Gasteiger partial charge on any atom is 0.0536 e. The molecule has 0 aliphatic heterocycles. The Balaban J connectivity index is 0.957. The average Bonchev–Trinajstić information content (AvgIpc) is 3.86. The third kappa shape index (κ3) is 5.24. The van der Waals surface area contributed by atoms with Crippen LogP contribution in [0.4, 0.5) is 0 Å². The molecule has 9 rings (SSSR count). The standard InChI is InChI=1S/C42H26S4/c1-3-7-29(8-4-1)31-17-11-27(12-18-31)15-21-33-23-39-41(43-33)35-25-38-36(26-37(35)45-39)42-40(46-38)24-34(44-42)22-16-28-13-19-32(20-14-28)30-9-5-2-6-10-30/h1-26H. The minimum absolute atomic E-state index is 1.22. The van der Waals surface area contributed by atoms with E-state index < -0.39 is 0 Å². The molecule has 218 valence electrons. The van der Waals surface area contributed by atoms with Crippen molar-refractivity contribution in [2.45, 2.75) is 0 Å². The summed E-state index contributed by atoms with van der Waals surface area (Å²) in [7, 11) is 0. The van der Waals surface area contributed by atoms with Crippen LogP contribution in [0.15, 0.2) is 133 Å². The van der Waals surface area contributed by atoms with E-state index >= 15 is 0 Å². The van der Waals surface area contributed by atoms with Gasteiger partial charge in [0.2, 0.25) is 0 Å². The first-order chi connectivity index (χ1) is 22.7. The monoisotopic (exact) mass is 658 g/mol. The molecule has 4 heteroatoms. The minimum atomic E-state index is 1.22. The van der Waals surface area contributed by atoms with Crippen LogP contribution in [-0.4, -0.2) is 0 Å². The minimum Gasteiger partial charge on any atom is -0.134 e. The van der Waals surface area contributed by atoms with Crippen LogP contribution >= 0.6 is 45.3 Å². The summed E-state index contributed by atoms with van der Waals surface area (Å²) in [4.78, 5) is 2.60. The van der Waals surface area contributed by atoms with Crippen LogP contribution in [0.5, 0.6) is 0 Å². The Labute approximate surface area is 283 Å². The van der Waals surface area contributed by atoms with E-state index in [1.165, 1.54) is 82.1 Å². The Bertz CT molecular complexity index is 2350. The van der Waals surface area contributed by atoms with Gasteiger partial charge in [-0.25, -0.2) is 0 Å². The largest absolute Gasteiger partial charge is 0.134 e. The van der Waals surface area contributed by atoms with Crippen LogP contribution in [0.2, 0.25) is 0 Å². The van der Waals surface area contributed by atoms with Crippen molar-refractivity contribution in [1.82, 2.24) is 0 Å². The van der Waals surface area contributed by atoms with Crippen LogP contribution < -0.4 is 0 Å². The number of hydrogen-bond donors (Lipinski definition) is 0. The molecule has 0 spiro atoms. The van der Waals surface area contributed by atoms with Gasteiger partial charge in [-0.2, -0.15) is 0 Å². The fraction of sp³-hybridized carbons (Fsp3) is 0. The van der Waals surface area contributed by atoms with E-state index in [-0.39, 0.29) is 0 Å². The second-order valence-corrected chi connectivity index (χ2v) is 15.7. The first-order valence-corrected chi connectivity index (χ1v) is 18.5. The van der Waals surface area contributed by atoms with E-state index in [1.807, 2.05) is 45.3 Å². The van der Waals surface area contributed by atoms with Crippen molar-refractivity contribution in [3.63, 3.8) is 0 Å². The number of benzene rings is 5. The van der Waals surface area contributed by atoms with Gasteiger partial charge in [-0.05, 0) is 69.8 Å². The Kier molecular flexibility index (Phi) is 7.02. The predicted octanol–water partition coefficient (Wildman–Crippen LogP) is 14.2. The zero-order valence-corrected chi connectivity index (χ0v) is 27.9. The van der Waals surface area contributed by atoms with Crippen molar-refractivity contribution in [1.29, 1.82) is 0 Å². The molecule has 0 radical (unpaired) electrons. The zero-order chi connectivity index (χ0) is 30.5. The zero-order valence-electron chi connectivity index (χ0n) is 24.6. The molecule has 0 unspecified atom stereocenters. The number of hydrogen-bond acceptors (Lipinski definition) is 4. The molecule has 0 aliphatic rings. The predicted molar refractivity (Wildman–Crippen MR) is 210 cm³/mol. The third-order valence-corrected chi connectivity index (χ3v) is 13.1. The number of thiophene rings is 4. The first kappa shape index (κ1) is 27.7. The maximum absolute atomic E-state index is 2.43. The van der Waals surface area contributed by atoms with Gasteiger partial charge < -0.3 is 0 Å². The van der Waals surface area contributed by atoms with Crippen LogP contribution in [0, 0.1) is 0 Å². The van der Waals surface area contributed by atoms with E-state index in [0.717, 1.165) is 0 Å². The molecule has 46 heavy (non-hydrogen) atoms. The van der Waals surface area contributed by atoms with E-state index in [4.69, 9.17) is 0 Å². The summed E-state index contributed by atoms with van der Waals surface area (Å²) in [6.45, 7) is 0. The van der Waals surface area contributed by atoms with Gasteiger partial charge >= 0.3 is 0 Å². The highest BCUT2D eigenvalue weighted by Crippen LogP contribution is 2.46. The van der Waals surface area contributed by atoms with Gasteiger partial charge in [0.15, 0.2) is 0 Å². The Morgan fingerprint density at radius 2 is 0.717 bits per heavy atom. The maximum atomic E-state index is 2.43. The normalized spacial score (nSPS) is 12.2. The lowest BCUT2D eigenvalue weighted by Crippen LogP contribution is -1.77. The fourth-order valence-electron chi connectivity index (χ4n) is 5.99. The molecule has 0 aliphatic carbocycles. The molecule has 5 aromatic carbocycles. The molecule has 0 nitrogen and oxygen atoms in total. The Morgan fingerprint density at radius 3 is 1.13 bits per heavy atom. The summed E-state index contributed by atoms with van der Waals surface area (Å²) in [6.07, 6.45) is 8.97. The molecular formula is C42H26S4. The molecule has 9 aromatic rings. The lowest BCUT2D eigenvalue weighted by Gasteiger charge is -2.01. The first-order valence-electron chi connectivity index (χ1n) is 15.2. The number of rotatable bonds is 6. The Hall–Kier alpha value is -4.58. The van der Waals surface area contributed by atoms with E-state index in [9.17, 15) is 0 Å². The number of fused-ring (bicyclic) bond motifs is 6. The van der Waals surface area contributed by atoms with Crippen molar-refractivity contribution in [3.05, 3.63) is 154 Å². The van der Waals surface area contributed by atoms with Crippen molar-refractivity contribution in [2.75, 3.05) is 0 Å². The molecule has 0 atom stereocenters. The SMILES string of the molecule is C(=Cc1cc2sc3cc4c(cc3c2s1)sc1cc(C=Cc2ccc(-c3ccccc3)cc2)sc14)c1ccc(-c2ccccc2)cc1. The van der Waals surface area contributed by atoms with Gasteiger partial charge in [0.1, 0.15) is 0 Å². The van der Waals surface area contributed by atoms with E-state index in [0.29, 0.717) is 0 Å². The lowest BCUT2D eigenvalue weighted by atomic mass is 10.0. The van der Waals surface area contributed by atoms with Crippen molar-refractivity contribution in [2.24, 2.45) is 0 Å². The summed E-state index contributed by atoms with van der Waals surface area (Å²) >= 11 is 7.63. The molecule has 0 fully saturated rings. The molecule has 0 bridgehead atoms. The molecule has 4 aromatic heterocycles. The van der Waals surface area contributed by atoms with Crippen molar-refractivity contribution >= 4 is 109 Å². The highest BCUT2D eigenvalue weighted by molar-refractivity contribution is 7.34. The smallest absolute Gasteiger partial charge is 0.0536 e. The summed E-state index contributed by atoms with van der Waals surface area (Å²) in [5, 5.41) is 2.77. The summed E-state index contributed by atoms with van der Waals surface area (Å²) < 4.78 is 8.32. The summed E-state index contributed by atoms with van der Waals surface area (Å²) in [6, 6.07) is 48.3. The molecule has 0 N–H and O–H groups in total. The van der Waals surface area contributed by atoms with Gasteiger partial charge in [-0.1, -0.05) is 121 Å².